The van der Waals surface area contributed by atoms with Crippen LogP contribution in [0.4, 0.5) is 4.39 Å². The van der Waals surface area contributed by atoms with Crippen LogP contribution in [0, 0.1) is 5.82 Å². The molecule has 0 atom stereocenters. The largest absolute Gasteiger partial charge is 0.506 e. The first-order valence-corrected chi connectivity index (χ1v) is 5.34. The van der Waals surface area contributed by atoms with E-state index in [9.17, 15) is 14.3 Å². The number of aromatic nitrogens is 2. The molecule has 1 aromatic heterocycles. The van der Waals surface area contributed by atoms with Crippen LogP contribution in [-0.2, 0) is 6.54 Å². The van der Waals surface area contributed by atoms with Gasteiger partial charge in [-0.05, 0) is 25.2 Å². The standard InChI is InChI=1S/C12H12FN3O2/c1-14-7-10-11(17)6-12(18)16(15-10)9-4-2-3-8(13)5-9/h2-6,14,17H,7H2,1H3. The van der Waals surface area contributed by atoms with Crippen molar-refractivity contribution in [1.29, 1.82) is 0 Å². The molecule has 0 aliphatic rings. The molecule has 2 N–H and O–H groups in total. The molecular weight excluding hydrogens is 237 g/mol. The summed E-state index contributed by atoms with van der Waals surface area (Å²) in [4.78, 5) is 11.7. The average Bonchev–Trinajstić information content (AvgIpc) is 2.33. The summed E-state index contributed by atoms with van der Waals surface area (Å²) in [7, 11) is 1.69. The van der Waals surface area contributed by atoms with Gasteiger partial charge < -0.3 is 10.4 Å². The first-order valence-electron chi connectivity index (χ1n) is 5.34. The zero-order chi connectivity index (χ0) is 13.1. The average molecular weight is 249 g/mol. The van der Waals surface area contributed by atoms with E-state index in [2.05, 4.69) is 10.4 Å². The number of benzene rings is 1. The van der Waals surface area contributed by atoms with Crippen LogP contribution in [0.5, 0.6) is 5.75 Å². The maximum Gasteiger partial charge on any atom is 0.275 e. The van der Waals surface area contributed by atoms with Crippen molar-refractivity contribution in [1.82, 2.24) is 15.1 Å². The fourth-order valence-electron chi connectivity index (χ4n) is 1.57. The van der Waals surface area contributed by atoms with Crippen LogP contribution in [0.1, 0.15) is 5.69 Å². The molecule has 2 rings (SSSR count). The zero-order valence-electron chi connectivity index (χ0n) is 9.72. The molecule has 6 heteroatoms. The first-order chi connectivity index (χ1) is 8.61. The maximum absolute atomic E-state index is 13.1. The molecule has 0 spiro atoms. The van der Waals surface area contributed by atoms with Gasteiger partial charge in [0.25, 0.3) is 5.56 Å². The van der Waals surface area contributed by atoms with Gasteiger partial charge in [0.15, 0.2) is 0 Å². The molecular formula is C12H12FN3O2. The predicted octanol–water partition coefficient (Wildman–Crippen LogP) is 0.797. The van der Waals surface area contributed by atoms with Crippen LogP contribution in [0.15, 0.2) is 35.1 Å². The van der Waals surface area contributed by atoms with Crippen LogP contribution in [0.25, 0.3) is 5.69 Å². The number of aromatic hydroxyl groups is 1. The lowest BCUT2D eigenvalue weighted by atomic mass is 10.3. The summed E-state index contributed by atoms with van der Waals surface area (Å²) in [6.07, 6.45) is 0. The molecule has 1 aromatic carbocycles. The summed E-state index contributed by atoms with van der Waals surface area (Å²) in [5.74, 6) is -0.633. The van der Waals surface area contributed by atoms with Gasteiger partial charge in [-0.3, -0.25) is 4.79 Å². The highest BCUT2D eigenvalue weighted by atomic mass is 19.1. The van der Waals surface area contributed by atoms with Gasteiger partial charge in [0, 0.05) is 12.6 Å². The topological polar surface area (TPSA) is 67.2 Å². The second-order valence-electron chi connectivity index (χ2n) is 3.74. The maximum atomic E-state index is 13.1. The molecule has 1 heterocycles. The highest BCUT2D eigenvalue weighted by molar-refractivity contribution is 5.33. The number of hydrogen-bond donors (Lipinski definition) is 2. The Labute approximate surface area is 103 Å². The fourth-order valence-corrected chi connectivity index (χ4v) is 1.57. The van der Waals surface area contributed by atoms with Crippen molar-refractivity contribution in [3.8, 4) is 11.4 Å². The minimum Gasteiger partial charge on any atom is -0.506 e. The molecule has 94 valence electrons. The number of hydrogen-bond acceptors (Lipinski definition) is 4. The molecule has 5 nitrogen and oxygen atoms in total. The molecule has 0 fully saturated rings. The summed E-state index contributed by atoms with van der Waals surface area (Å²) in [5.41, 5.74) is 0.122. The Morgan fingerprint density at radius 2 is 2.22 bits per heavy atom. The van der Waals surface area contributed by atoms with E-state index in [1.165, 1.54) is 18.2 Å². The van der Waals surface area contributed by atoms with Gasteiger partial charge >= 0.3 is 0 Å². The third-order valence-corrected chi connectivity index (χ3v) is 2.38. The van der Waals surface area contributed by atoms with E-state index in [1.54, 1.807) is 13.1 Å². The molecule has 0 saturated carbocycles. The Bertz CT molecular complexity index is 625. The molecule has 0 amide bonds. The van der Waals surface area contributed by atoms with Crippen LogP contribution in [0.2, 0.25) is 0 Å². The fraction of sp³-hybridized carbons (Fsp3) is 0.167. The van der Waals surface area contributed by atoms with Crippen molar-refractivity contribution >= 4 is 0 Å². The molecule has 2 aromatic rings. The van der Waals surface area contributed by atoms with E-state index in [4.69, 9.17) is 0 Å². The lowest BCUT2D eigenvalue weighted by molar-refractivity contribution is 0.453. The van der Waals surface area contributed by atoms with Gasteiger partial charge in [-0.25, -0.2) is 4.39 Å². The summed E-state index contributed by atoms with van der Waals surface area (Å²) < 4.78 is 14.2. The molecule has 0 saturated heterocycles. The number of nitrogens with zero attached hydrogens (tertiary/aromatic N) is 2. The van der Waals surface area contributed by atoms with Crippen molar-refractivity contribution in [2.24, 2.45) is 0 Å². The number of rotatable bonds is 3. The van der Waals surface area contributed by atoms with E-state index >= 15 is 0 Å². The van der Waals surface area contributed by atoms with Crippen LogP contribution < -0.4 is 10.9 Å². The Morgan fingerprint density at radius 3 is 2.89 bits per heavy atom. The molecule has 0 bridgehead atoms. The summed E-state index contributed by atoms with van der Waals surface area (Å²) in [6, 6.07) is 6.60. The van der Waals surface area contributed by atoms with Crippen molar-refractivity contribution in [3.05, 3.63) is 52.2 Å². The quantitative estimate of drug-likeness (QED) is 0.844. The van der Waals surface area contributed by atoms with E-state index in [0.29, 0.717) is 17.9 Å². The van der Waals surface area contributed by atoms with E-state index in [0.717, 1.165) is 10.7 Å². The minimum atomic E-state index is -0.516. The normalized spacial score (nSPS) is 10.6. The highest BCUT2D eigenvalue weighted by Gasteiger charge is 2.09. The summed E-state index contributed by atoms with van der Waals surface area (Å²) >= 11 is 0. The SMILES string of the molecule is CNCc1nn(-c2cccc(F)c2)c(=O)cc1O. The first kappa shape index (κ1) is 12.3. The Balaban J connectivity index is 2.57. The second-order valence-corrected chi connectivity index (χ2v) is 3.74. The third-order valence-electron chi connectivity index (χ3n) is 2.38. The molecule has 0 aliphatic carbocycles. The van der Waals surface area contributed by atoms with E-state index in [1.807, 2.05) is 0 Å². The highest BCUT2D eigenvalue weighted by Crippen LogP contribution is 2.12. The van der Waals surface area contributed by atoms with Gasteiger partial charge in [0.05, 0.1) is 5.69 Å². The lowest BCUT2D eigenvalue weighted by Gasteiger charge is -2.08. The Morgan fingerprint density at radius 1 is 1.44 bits per heavy atom. The molecule has 0 aliphatic heterocycles. The van der Waals surface area contributed by atoms with Crippen LogP contribution in [0.3, 0.4) is 0 Å². The van der Waals surface area contributed by atoms with E-state index in [-0.39, 0.29) is 5.75 Å². The van der Waals surface area contributed by atoms with Gasteiger partial charge in [0.1, 0.15) is 17.3 Å². The van der Waals surface area contributed by atoms with Gasteiger partial charge in [0.2, 0.25) is 0 Å². The zero-order valence-corrected chi connectivity index (χ0v) is 9.72. The van der Waals surface area contributed by atoms with Crippen LogP contribution in [-0.4, -0.2) is 21.9 Å². The summed E-state index contributed by atoms with van der Waals surface area (Å²) in [6.45, 7) is 0.307. The van der Waals surface area contributed by atoms with Crippen molar-refractivity contribution < 1.29 is 9.50 Å². The number of halogens is 1. The van der Waals surface area contributed by atoms with Crippen molar-refractivity contribution in [2.75, 3.05) is 7.05 Å². The molecule has 0 radical (unpaired) electrons. The van der Waals surface area contributed by atoms with Gasteiger partial charge in [-0.2, -0.15) is 9.78 Å². The third kappa shape index (κ3) is 2.38. The van der Waals surface area contributed by atoms with Gasteiger partial charge in [-0.1, -0.05) is 6.07 Å². The molecule has 0 unspecified atom stereocenters. The van der Waals surface area contributed by atoms with Crippen molar-refractivity contribution in [3.63, 3.8) is 0 Å². The minimum absolute atomic E-state index is 0.179. The molecule has 18 heavy (non-hydrogen) atoms. The lowest BCUT2D eigenvalue weighted by Crippen LogP contribution is -2.23. The number of nitrogens with one attached hydrogen (secondary N) is 1. The Hall–Kier alpha value is -2.21. The van der Waals surface area contributed by atoms with Crippen molar-refractivity contribution in [2.45, 2.75) is 6.54 Å². The summed E-state index contributed by atoms with van der Waals surface area (Å²) in [5, 5.41) is 16.4. The monoisotopic (exact) mass is 249 g/mol. The van der Waals surface area contributed by atoms with Crippen LogP contribution >= 0.6 is 0 Å². The second kappa shape index (κ2) is 4.97. The Kier molecular flexibility index (Phi) is 3.38. The predicted molar refractivity (Wildman–Crippen MR) is 64.2 cm³/mol. The van der Waals surface area contributed by atoms with E-state index < -0.39 is 11.4 Å². The van der Waals surface area contributed by atoms with Gasteiger partial charge in [-0.15, -0.1) is 0 Å². The smallest absolute Gasteiger partial charge is 0.275 e.